The summed E-state index contributed by atoms with van der Waals surface area (Å²) in [4.78, 5) is 24.2. The van der Waals surface area contributed by atoms with Gasteiger partial charge in [-0.2, -0.15) is 0 Å². The Morgan fingerprint density at radius 1 is 0.500 bits per heavy atom. The Kier molecular flexibility index (Phi) is 6.17. The Hall–Kier alpha value is -3.26. The summed E-state index contributed by atoms with van der Waals surface area (Å²) in [6, 6.07) is 12.5. The molecule has 2 aromatic rings. The van der Waals surface area contributed by atoms with E-state index in [0.29, 0.717) is 0 Å². The topological polar surface area (TPSA) is 34.1 Å². The second kappa shape index (κ2) is 8.62. The lowest BCUT2D eigenvalue weighted by molar-refractivity contribution is -0.113. The van der Waals surface area contributed by atoms with E-state index in [2.05, 4.69) is 24.3 Å². The second-order valence-corrected chi connectivity index (χ2v) is 7.58. The molecular formula is C28H28O2. The third-order valence-corrected chi connectivity index (χ3v) is 5.47. The molecule has 0 radical (unpaired) electrons. The van der Waals surface area contributed by atoms with E-state index in [0.717, 1.165) is 54.6 Å². The molecule has 0 aliphatic heterocycles. The van der Waals surface area contributed by atoms with E-state index in [1.165, 1.54) is 0 Å². The molecule has 0 spiro atoms. The molecule has 152 valence electrons. The van der Waals surface area contributed by atoms with Crippen molar-refractivity contribution in [2.75, 3.05) is 0 Å². The van der Waals surface area contributed by atoms with E-state index < -0.39 is 0 Å². The van der Waals surface area contributed by atoms with Crippen LogP contribution in [0.1, 0.15) is 41.5 Å². The number of rotatable bonds is 0. The lowest BCUT2D eigenvalue weighted by atomic mass is 9.91. The minimum atomic E-state index is 0.105. The maximum atomic E-state index is 12.1. The van der Waals surface area contributed by atoms with Crippen LogP contribution in [0, 0.1) is 0 Å². The van der Waals surface area contributed by atoms with Gasteiger partial charge in [-0.3, -0.25) is 9.59 Å². The number of Topliss-reactive ketones (excluding diaryl/α,β-unsaturated/α-hetero) is 2. The summed E-state index contributed by atoms with van der Waals surface area (Å²) in [5.74, 6) is 0.210. The predicted molar refractivity (Wildman–Crippen MR) is 126 cm³/mol. The van der Waals surface area contributed by atoms with Crippen molar-refractivity contribution in [3.05, 3.63) is 93.4 Å². The lowest BCUT2D eigenvalue weighted by Gasteiger charge is -2.13. The average Bonchev–Trinajstić information content (AvgIpc) is 2.75. The van der Waals surface area contributed by atoms with Gasteiger partial charge in [0.25, 0.3) is 0 Å². The van der Waals surface area contributed by atoms with Gasteiger partial charge >= 0.3 is 0 Å². The SMILES string of the molecule is CC.CC1=CC(=c2ccc(=C3C=C(C)C(=O)C(C)=C3)c3ccccc23)C=C(C)C1=O. The van der Waals surface area contributed by atoms with Gasteiger partial charge < -0.3 is 0 Å². The molecule has 0 saturated carbocycles. The monoisotopic (exact) mass is 396 g/mol. The highest BCUT2D eigenvalue weighted by atomic mass is 16.1. The highest BCUT2D eigenvalue weighted by molar-refractivity contribution is 6.13. The number of hydrogen-bond donors (Lipinski definition) is 0. The first-order chi connectivity index (χ1) is 14.4. The van der Waals surface area contributed by atoms with Gasteiger partial charge in [-0.25, -0.2) is 0 Å². The molecule has 0 aromatic heterocycles. The highest BCUT2D eigenvalue weighted by Gasteiger charge is 2.15. The van der Waals surface area contributed by atoms with Gasteiger partial charge in [0, 0.05) is 0 Å². The first-order valence-electron chi connectivity index (χ1n) is 10.5. The summed E-state index contributed by atoms with van der Waals surface area (Å²) in [6.45, 7) is 11.5. The van der Waals surface area contributed by atoms with Crippen LogP contribution < -0.4 is 10.4 Å². The molecule has 0 unspecified atom stereocenters. The molecule has 0 bridgehead atoms. The van der Waals surface area contributed by atoms with Crippen LogP contribution in [-0.4, -0.2) is 11.6 Å². The fourth-order valence-electron chi connectivity index (χ4n) is 4.01. The third kappa shape index (κ3) is 3.78. The zero-order valence-corrected chi connectivity index (χ0v) is 18.6. The normalized spacial score (nSPS) is 16.5. The zero-order chi connectivity index (χ0) is 22.0. The molecule has 2 aliphatic carbocycles. The smallest absolute Gasteiger partial charge is 0.184 e. The molecule has 2 nitrogen and oxygen atoms in total. The zero-order valence-electron chi connectivity index (χ0n) is 18.6. The Morgan fingerprint density at radius 3 is 1.10 bits per heavy atom. The Labute approximate surface area is 178 Å². The van der Waals surface area contributed by atoms with Gasteiger partial charge in [0.2, 0.25) is 0 Å². The van der Waals surface area contributed by atoms with Crippen LogP contribution in [0.15, 0.2) is 83.0 Å². The number of ketones is 2. The Balaban J connectivity index is 0.00000124. The first-order valence-corrected chi connectivity index (χ1v) is 10.5. The number of hydrogen-bond acceptors (Lipinski definition) is 2. The van der Waals surface area contributed by atoms with Crippen LogP contribution in [0.4, 0.5) is 0 Å². The quantitative estimate of drug-likeness (QED) is 0.619. The van der Waals surface area contributed by atoms with Crippen LogP contribution in [0.2, 0.25) is 0 Å². The van der Waals surface area contributed by atoms with E-state index in [-0.39, 0.29) is 11.6 Å². The molecule has 0 amide bonds. The Bertz CT molecular complexity index is 1160. The van der Waals surface area contributed by atoms with Crippen LogP contribution in [0.5, 0.6) is 0 Å². The van der Waals surface area contributed by atoms with E-state index in [1.807, 2.05) is 78.0 Å². The van der Waals surface area contributed by atoms with Crippen molar-refractivity contribution in [1.29, 1.82) is 0 Å². The minimum absolute atomic E-state index is 0.105. The number of fused-ring (bicyclic) bond motifs is 1. The molecule has 2 heteroatoms. The molecule has 0 saturated heterocycles. The van der Waals surface area contributed by atoms with Crippen molar-refractivity contribution in [1.82, 2.24) is 0 Å². The van der Waals surface area contributed by atoms with Crippen LogP contribution >= 0.6 is 0 Å². The van der Waals surface area contributed by atoms with Gasteiger partial charge in [0.15, 0.2) is 11.6 Å². The number of benzene rings is 2. The van der Waals surface area contributed by atoms with Crippen molar-refractivity contribution in [3.8, 4) is 0 Å². The molecule has 0 N–H and O–H groups in total. The maximum absolute atomic E-state index is 12.1. The second-order valence-electron chi connectivity index (χ2n) is 7.58. The van der Waals surface area contributed by atoms with Crippen LogP contribution in [0.25, 0.3) is 21.9 Å². The number of carbonyl (C=O) groups is 2. The van der Waals surface area contributed by atoms with E-state index >= 15 is 0 Å². The fraction of sp³-hybridized carbons (Fsp3) is 0.214. The van der Waals surface area contributed by atoms with Crippen molar-refractivity contribution >= 4 is 33.5 Å². The largest absolute Gasteiger partial charge is 0.289 e. The van der Waals surface area contributed by atoms with Gasteiger partial charge in [-0.15, -0.1) is 0 Å². The molecule has 0 fully saturated rings. The van der Waals surface area contributed by atoms with Gasteiger partial charge in [-0.05, 0) is 107 Å². The molecule has 2 aliphatic rings. The van der Waals surface area contributed by atoms with Crippen molar-refractivity contribution in [3.63, 3.8) is 0 Å². The minimum Gasteiger partial charge on any atom is -0.289 e. The van der Waals surface area contributed by atoms with E-state index in [9.17, 15) is 9.59 Å². The lowest BCUT2D eigenvalue weighted by Crippen LogP contribution is -2.18. The third-order valence-electron chi connectivity index (χ3n) is 5.47. The molecular weight excluding hydrogens is 368 g/mol. The molecule has 30 heavy (non-hydrogen) atoms. The van der Waals surface area contributed by atoms with Gasteiger partial charge in [-0.1, -0.05) is 50.2 Å². The van der Waals surface area contributed by atoms with Crippen molar-refractivity contribution in [2.45, 2.75) is 41.5 Å². The number of carbonyl (C=O) groups excluding carboxylic acids is 2. The summed E-state index contributed by atoms with van der Waals surface area (Å²) in [5, 5.41) is 4.50. The molecule has 0 heterocycles. The fourth-order valence-corrected chi connectivity index (χ4v) is 4.01. The van der Waals surface area contributed by atoms with Gasteiger partial charge in [0.1, 0.15) is 0 Å². The predicted octanol–water partition coefficient (Wildman–Crippen LogP) is 5.12. The summed E-state index contributed by atoms with van der Waals surface area (Å²) in [7, 11) is 0. The Morgan fingerprint density at radius 2 is 0.800 bits per heavy atom. The summed E-state index contributed by atoms with van der Waals surface area (Å²) < 4.78 is 0. The van der Waals surface area contributed by atoms with Crippen LogP contribution in [-0.2, 0) is 9.59 Å². The average molecular weight is 397 g/mol. The van der Waals surface area contributed by atoms with Crippen LogP contribution in [0.3, 0.4) is 0 Å². The molecule has 2 aromatic carbocycles. The molecule has 0 atom stereocenters. The maximum Gasteiger partial charge on any atom is 0.184 e. The first kappa shape index (κ1) is 21.4. The van der Waals surface area contributed by atoms with E-state index in [1.54, 1.807) is 0 Å². The van der Waals surface area contributed by atoms with E-state index in [4.69, 9.17) is 0 Å². The standard InChI is InChI=1S/C26H22O2.C2H6/c1-15-11-19(12-16(2)25(15)27)21-9-10-22(24-8-6-5-7-23(21)24)20-13-17(3)26(28)18(4)14-20;1-2/h5-14H,1-4H3;1-2H3. The summed E-state index contributed by atoms with van der Waals surface area (Å²) in [6.07, 6.45) is 7.88. The molecule has 4 rings (SSSR count). The number of allylic oxidation sites excluding steroid dienone is 8. The van der Waals surface area contributed by atoms with Crippen molar-refractivity contribution < 1.29 is 9.59 Å². The summed E-state index contributed by atoms with van der Waals surface area (Å²) in [5.41, 5.74) is 5.17. The highest BCUT2D eigenvalue weighted by Crippen LogP contribution is 2.21. The van der Waals surface area contributed by atoms with Gasteiger partial charge in [0.05, 0.1) is 0 Å². The van der Waals surface area contributed by atoms with Crippen molar-refractivity contribution in [2.24, 2.45) is 0 Å². The summed E-state index contributed by atoms with van der Waals surface area (Å²) >= 11 is 0.